The average molecular weight is 590 g/mol. The van der Waals surface area contributed by atoms with Crippen molar-refractivity contribution in [3.05, 3.63) is 58.5 Å². The molecular formula is C25H24F6N4O6. The summed E-state index contributed by atoms with van der Waals surface area (Å²) in [6, 6.07) is 3.66. The van der Waals surface area contributed by atoms with Crippen molar-refractivity contribution in [2.75, 3.05) is 20.3 Å². The highest BCUT2D eigenvalue weighted by molar-refractivity contribution is 5.95. The molecule has 2 heterocycles. The molecule has 0 radical (unpaired) electrons. The number of halogens is 6. The van der Waals surface area contributed by atoms with Gasteiger partial charge < -0.3 is 24.8 Å². The Labute approximate surface area is 228 Å². The molecule has 2 N–H and O–H groups in total. The second-order valence-electron chi connectivity index (χ2n) is 9.13. The van der Waals surface area contributed by atoms with Crippen LogP contribution in [-0.2, 0) is 16.1 Å². The van der Waals surface area contributed by atoms with E-state index in [1.807, 2.05) is 0 Å². The summed E-state index contributed by atoms with van der Waals surface area (Å²) in [6.45, 7) is 1.63. The summed E-state index contributed by atoms with van der Waals surface area (Å²) in [4.78, 5) is 39.9. The first-order chi connectivity index (χ1) is 19.1. The minimum absolute atomic E-state index is 0.0525. The predicted octanol–water partition coefficient (Wildman–Crippen LogP) is 4.09. The van der Waals surface area contributed by atoms with E-state index < -0.39 is 66.7 Å². The Morgan fingerprint density at radius 3 is 2.39 bits per heavy atom. The number of alkyl halides is 4. The first kappa shape index (κ1) is 31.0. The van der Waals surface area contributed by atoms with E-state index in [0.717, 1.165) is 19.1 Å². The maximum atomic E-state index is 14.6. The van der Waals surface area contributed by atoms with Gasteiger partial charge in [-0.2, -0.15) is 13.2 Å². The Morgan fingerprint density at radius 1 is 1.10 bits per heavy atom. The van der Waals surface area contributed by atoms with Crippen molar-refractivity contribution in [3.8, 4) is 11.5 Å². The number of nitrogens with zero attached hydrogens (tertiary/aromatic N) is 2. The molecule has 0 aliphatic rings. The Morgan fingerprint density at radius 2 is 1.78 bits per heavy atom. The van der Waals surface area contributed by atoms with Crippen LogP contribution in [-0.4, -0.2) is 59.4 Å². The van der Waals surface area contributed by atoms with E-state index in [1.165, 1.54) is 30.7 Å². The molecule has 1 atom stereocenters. The SMILES string of the molecule is COc1ccc(F)c(COc2cc(C)cn3c(C(=O)NCC(C)(CF)NC(=O)OC(=O)C(F)(F)F)c(C)nc23)c1F. The number of methoxy groups -OCH3 is 1. The van der Waals surface area contributed by atoms with Crippen molar-refractivity contribution in [1.82, 2.24) is 20.0 Å². The maximum Gasteiger partial charge on any atom is 0.491 e. The maximum absolute atomic E-state index is 14.6. The molecule has 0 saturated heterocycles. The number of nitrogens with one attached hydrogen (secondary N) is 2. The number of aromatic nitrogens is 2. The first-order valence-corrected chi connectivity index (χ1v) is 11.7. The van der Waals surface area contributed by atoms with Crippen LogP contribution in [0.3, 0.4) is 0 Å². The van der Waals surface area contributed by atoms with Crippen molar-refractivity contribution in [1.29, 1.82) is 0 Å². The summed E-state index contributed by atoms with van der Waals surface area (Å²) < 4.78 is 94.9. The number of pyridine rings is 1. The summed E-state index contributed by atoms with van der Waals surface area (Å²) in [5.41, 5.74) is -1.59. The van der Waals surface area contributed by atoms with Gasteiger partial charge in [0.15, 0.2) is 23.0 Å². The van der Waals surface area contributed by atoms with E-state index in [-0.39, 0.29) is 28.5 Å². The van der Waals surface area contributed by atoms with Gasteiger partial charge >= 0.3 is 18.2 Å². The van der Waals surface area contributed by atoms with Gasteiger partial charge in [-0.05, 0) is 44.5 Å². The number of hydrogen-bond acceptors (Lipinski definition) is 7. The second-order valence-corrected chi connectivity index (χ2v) is 9.13. The number of hydrogen-bond donors (Lipinski definition) is 2. The lowest BCUT2D eigenvalue weighted by atomic mass is 10.1. The number of imidazole rings is 1. The zero-order valence-electron chi connectivity index (χ0n) is 22.0. The molecule has 10 nitrogen and oxygen atoms in total. The van der Waals surface area contributed by atoms with Gasteiger partial charge in [0, 0.05) is 12.7 Å². The molecule has 3 rings (SSSR count). The number of aryl methyl sites for hydroxylation is 2. The van der Waals surface area contributed by atoms with Gasteiger partial charge in [-0.3, -0.25) is 9.20 Å². The van der Waals surface area contributed by atoms with Gasteiger partial charge in [0.05, 0.1) is 23.9 Å². The second kappa shape index (κ2) is 11.9. The number of esters is 1. The normalized spacial score (nSPS) is 12.9. The monoisotopic (exact) mass is 590 g/mol. The number of benzene rings is 1. The standard InChI is InChI=1S/C25H24F6N4O6/c1-12-7-17(40-9-14-15(27)5-6-16(39-4)18(14)28)20-33-13(2)19(35(20)8-12)21(36)32-11-24(3,10-26)34-23(38)41-22(37)25(29,30)31/h5-8H,9-11H2,1-4H3,(H,32,36)(H,34,38). The van der Waals surface area contributed by atoms with Gasteiger partial charge in [-0.25, -0.2) is 27.7 Å². The fourth-order valence-electron chi connectivity index (χ4n) is 3.65. The third-order valence-corrected chi connectivity index (χ3v) is 5.71. The highest BCUT2D eigenvalue weighted by atomic mass is 19.4. The molecular weight excluding hydrogens is 566 g/mol. The third-order valence-electron chi connectivity index (χ3n) is 5.71. The number of rotatable bonds is 9. The van der Waals surface area contributed by atoms with E-state index in [4.69, 9.17) is 9.47 Å². The molecule has 16 heteroatoms. The van der Waals surface area contributed by atoms with Crippen LogP contribution in [0.5, 0.6) is 11.5 Å². The Kier molecular flexibility index (Phi) is 9.03. The van der Waals surface area contributed by atoms with Gasteiger partial charge in [0.1, 0.15) is 24.8 Å². The quantitative estimate of drug-likeness (QED) is 0.219. The summed E-state index contributed by atoms with van der Waals surface area (Å²) in [5, 5.41) is 4.13. The summed E-state index contributed by atoms with van der Waals surface area (Å²) in [6.07, 6.45) is -5.81. The minimum Gasteiger partial charge on any atom is -0.494 e. The topological polar surface area (TPSA) is 120 Å². The largest absolute Gasteiger partial charge is 0.494 e. The molecule has 2 aromatic heterocycles. The fraction of sp³-hybridized carbons (Fsp3) is 0.360. The number of carbonyl (C=O) groups is 3. The van der Waals surface area contributed by atoms with Crippen LogP contribution in [0.1, 0.15) is 34.2 Å². The Hall–Kier alpha value is -4.50. The zero-order chi connectivity index (χ0) is 30.7. The van der Waals surface area contributed by atoms with E-state index in [1.54, 1.807) is 12.2 Å². The Bertz CT molecular complexity index is 1490. The molecule has 222 valence electrons. The van der Waals surface area contributed by atoms with Crippen molar-refractivity contribution in [3.63, 3.8) is 0 Å². The van der Waals surface area contributed by atoms with E-state index in [9.17, 15) is 40.7 Å². The smallest absolute Gasteiger partial charge is 0.491 e. The van der Waals surface area contributed by atoms with Gasteiger partial charge in [0.2, 0.25) is 0 Å². The van der Waals surface area contributed by atoms with Gasteiger partial charge in [-0.15, -0.1) is 0 Å². The highest BCUT2D eigenvalue weighted by Gasteiger charge is 2.43. The lowest BCUT2D eigenvalue weighted by Gasteiger charge is -2.27. The summed E-state index contributed by atoms with van der Waals surface area (Å²) in [5.74, 6) is -5.56. The van der Waals surface area contributed by atoms with E-state index in [0.29, 0.717) is 5.56 Å². The fourth-order valence-corrected chi connectivity index (χ4v) is 3.65. The molecule has 3 aromatic rings. The number of amides is 2. The highest BCUT2D eigenvalue weighted by Crippen LogP contribution is 2.28. The van der Waals surface area contributed by atoms with Crippen molar-refractivity contribution in [2.45, 2.75) is 39.1 Å². The Balaban J connectivity index is 1.81. The molecule has 0 fully saturated rings. The van der Waals surface area contributed by atoms with Crippen molar-refractivity contribution < 1.29 is 54.9 Å². The van der Waals surface area contributed by atoms with E-state index >= 15 is 0 Å². The van der Waals surface area contributed by atoms with Crippen LogP contribution in [0.25, 0.3) is 5.65 Å². The van der Waals surface area contributed by atoms with Crippen LogP contribution in [0, 0.1) is 25.5 Å². The molecule has 1 unspecified atom stereocenters. The number of ether oxygens (including phenoxy) is 3. The molecule has 0 aliphatic carbocycles. The van der Waals surface area contributed by atoms with Gasteiger partial charge in [0.25, 0.3) is 5.91 Å². The molecule has 0 saturated carbocycles. The minimum atomic E-state index is -5.45. The van der Waals surface area contributed by atoms with Crippen molar-refractivity contribution in [2.24, 2.45) is 0 Å². The molecule has 0 bridgehead atoms. The van der Waals surface area contributed by atoms with Crippen molar-refractivity contribution >= 4 is 23.6 Å². The number of alkyl carbamates (subject to hydrolysis) is 1. The molecule has 0 aliphatic heterocycles. The first-order valence-electron chi connectivity index (χ1n) is 11.7. The van der Waals surface area contributed by atoms with Gasteiger partial charge in [-0.1, -0.05) is 0 Å². The van der Waals surface area contributed by atoms with Crippen LogP contribution in [0.4, 0.5) is 31.1 Å². The van der Waals surface area contributed by atoms with Crippen LogP contribution in [0.2, 0.25) is 0 Å². The average Bonchev–Trinajstić information content (AvgIpc) is 3.22. The molecule has 0 spiro atoms. The van der Waals surface area contributed by atoms with Crippen LogP contribution in [0.15, 0.2) is 24.4 Å². The number of fused-ring (bicyclic) bond motifs is 1. The third kappa shape index (κ3) is 6.99. The molecule has 1 aromatic carbocycles. The zero-order valence-corrected chi connectivity index (χ0v) is 22.0. The number of carbonyl (C=O) groups excluding carboxylic acids is 3. The van der Waals surface area contributed by atoms with E-state index in [2.05, 4.69) is 15.0 Å². The summed E-state index contributed by atoms with van der Waals surface area (Å²) >= 11 is 0. The van der Waals surface area contributed by atoms with Crippen LogP contribution >= 0.6 is 0 Å². The predicted molar refractivity (Wildman–Crippen MR) is 129 cm³/mol. The van der Waals surface area contributed by atoms with Crippen LogP contribution < -0.4 is 20.1 Å². The summed E-state index contributed by atoms with van der Waals surface area (Å²) in [7, 11) is 1.22. The molecule has 2 amide bonds. The lowest BCUT2D eigenvalue weighted by Crippen LogP contribution is -2.56. The lowest BCUT2D eigenvalue weighted by molar-refractivity contribution is -0.193. The molecule has 41 heavy (non-hydrogen) atoms.